The van der Waals surface area contributed by atoms with Crippen LogP contribution in [0.1, 0.15) is 26.7 Å². The summed E-state index contributed by atoms with van der Waals surface area (Å²) in [5.41, 5.74) is 0.713. The van der Waals surface area contributed by atoms with E-state index < -0.39 is 0 Å². The molecule has 5 nitrogen and oxygen atoms in total. The number of hydrogen-bond acceptors (Lipinski definition) is 4. The Morgan fingerprint density at radius 3 is 3.00 bits per heavy atom. The minimum Gasteiger partial charge on any atom is -0.464 e. The van der Waals surface area contributed by atoms with Crippen molar-refractivity contribution >= 4 is 22.9 Å². The van der Waals surface area contributed by atoms with Crippen LogP contribution in [-0.2, 0) is 4.74 Å². The Morgan fingerprint density at radius 1 is 1.42 bits per heavy atom. The molecule has 2 heterocycles. The topological polar surface area (TPSA) is 55.6 Å². The van der Waals surface area contributed by atoms with Gasteiger partial charge in [0.15, 0.2) is 0 Å². The Morgan fingerprint density at radius 2 is 2.26 bits per heavy atom. The zero-order valence-corrected chi connectivity index (χ0v) is 11.3. The predicted octanol–water partition coefficient (Wildman–Crippen LogP) is 3.59. The highest BCUT2D eigenvalue weighted by Crippen LogP contribution is 2.25. The molecule has 0 atom stereocenters. The lowest BCUT2D eigenvalue weighted by molar-refractivity contribution is 0.152. The number of carbonyl (C=O) groups excluding carboxylic acids is 1. The smallest absolute Gasteiger partial charge is 0.415 e. The fourth-order valence-corrected chi connectivity index (χ4v) is 1.84. The Labute approximate surface area is 112 Å². The molecule has 0 fully saturated rings. The molecule has 0 bridgehead atoms. The van der Waals surface area contributed by atoms with Gasteiger partial charge in [-0.3, -0.25) is 4.90 Å². The number of rotatable bonds is 5. The van der Waals surface area contributed by atoms with E-state index in [1.165, 1.54) is 4.90 Å². The van der Waals surface area contributed by atoms with E-state index >= 15 is 0 Å². The number of aromatic nitrogens is 1. The fraction of sp³-hybridized carbons (Fsp3) is 0.429. The number of amides is 1. The highest BCUT2D eigenvalue weighted by Gasteiger charge is 2.19. The summed E-state index contributed by atoms with van der Waals surface area (Å²) in [6.07, 6.45) is 4.72. The van der Waals surface area contributed by atoms with E-state index in [0.717, 1.165) is 18.2 Å². The molecule has 0 saturated carbocycles. The normalized spacial score (nSPS) is 10.6. The Kier molecular flexibility index (Phi) is 4.39. The highest BCUT2D eigenvalue weighted by atomic mass is 16.6. The minimum atomic E-state index is -0.364. The van der Waals surface area contributed by atoms with Crippen molar-refractivity contribution < 1.29 is 13.9 Å². The first kappa shape index (κ1) is 13.4. The van der Waals surface area contributed by atoms with Crippen LogP contribution in [0.15, 0.2) is 29.0 Å². The van der Waals surface area contributed by atoms with Gasteiger partial charge in [0.25, 0.3) is 0 Å². The maximum absolute atomic E-state index is 12.0. The van der Waals surface area contributed by atoms with Gasteiger partial charge >= 0.3 is 6.09 Å². The number of nitrogens with zero attached hydrogens (tertiary/aromatic N) is 2. The van der Waals surface area contributed by atoms with Crippen LogP contribution in [0.5, 0.6) is 0 Å². The van der Waals surface area contributed by atoms with E-state index in [-0.39, 0.29) is 6.09 Å². The van der Waals surface area contributed by atoms with Crippen molar-refractivity contribution in [3.8, 4) is 0 Å². The number of pyridine rings is 1. The van der Waals surface area contributed by atoms with E-state index in [4.69, 9.17) is 9.15 Å². The second-order valence-corrected chi connectivity index (χ2v) is 4.18. The predicted molar refractivity (Wildman–Crippen MR) is 73.3 cm³/mol. The number of unbranched alkanes of at least 4 members (excludes halogenated alkanes) is 1. The molecule has 0 radical (unpaired) electrons. The standard InChI is InChI=1S/C14H18N2O3/c1-3-5-9-19-14(17)16(4-2)13-11-7-10-18-12(11)6-8-15-13/h6-8,10H,3-5,9H2,1-2H3. The fourth-order valence-electron chi connectivity index (χ4n) is 1.84. The molecule has 2 aromatic rings. The number of hydrogen-bond donors (Lipinski definition) is 0. The van der Waals surface area contributed by atoms with Gasteiger partial charge in [0.05, 0.1) is 18.3 Å². The average Bonchev–Trinajstić information content (AvgIpc) is 2.89. The van der Waals surface area contributed by atoms with Gasteiger partial charge in [0.1, 0.15) is 11.4 Å². The van der Waals surface area contributed by atoms with E-state index in [0.29, 0.717) is 24.6 Å². The lowest BCUT2D eigenvalue weighted by atomic mass is 10.3. The van der Waals surface area contributed by atoms with Gasteiger partial charge in [0, 0.05) is 12.7 Å². The Bertz CT molecular complexity index is 550. The van der Waals surface area contributed by atoms with E-state index in [2.05, 4.69) is 11.9 Å². The molecule has 0 spiro atoms. The molecule has 19 heavy (non-hydrogen) atoms. The molecule has 0 N–H and O–H groups in total. The maximum atomic E-state index is 12.0. The van der Waals surface area contributed by atoms with Crippen molar-refractivity contribution in [2.24, 2.45) is 0 Å². The van der Waals surface area contributed by atoms with Crippen LogP contribution >= 0.6 is 0 Å². The molecule has 0 unspecified atom stereocenters. The zero-order chi connectivity index (χ0) is 13.7. The summed E-state index contributed by atoms with van der Waals surface area (Å²) in [7, 11) is 0. The number of ether oxygens (including phenoxy) is 1. The summed E-state index contributed by atoms with van der Waals surface area (Å²) in [6, 6.07) is 3.58. The van der Waals surface area contributed by atoms with Gasteiger partial charge < -0.3 is 9.15 Å². The maximum Gasteiger partial charge on any atom is 0.415 e. The monoisotopic (exact) mass is 262 g/mol. The molecule has 0 aliphatic heterocycles. The first-order valence-electron chi connectivity index (χ1n) is 6.54. The van der Waals surface area contributed by atoms with E-state index in [9.17, 15) is 4.79 Å². The van der Waals surface area contributed by atoms with Gasteiger partial charge in [-0.05, 0) is 25.5 Å². The van der Waals surface area contributed by atoms with E-state index in [1.807, 2.05) is 6.92 Å². The lowest BCUT2D eigenvalue weighted by Gasteiger charge is -2.19. The lowest BCUT2D eigenvalue weighted by Crippen LogP contribution is -2.32. The van der Waals surface area contributed by atoms with Gasteiger partial charge in [-0.15, -0.1) is 0 Å². The summed E-state index contributed by atoms with van der Waals surface area (Å²) in [5, 5.41) is 0.816. The minimum absolute atomic E-state index is 0.364. The van der Waals surface area contributed by atoms with Gasteiger partial charge in [0.2, 0.25) is 0 Å². The van der Waals surface area contributed by atoms with Crippen molar-refractivity contribution in [1.82, 2.24) is 4.98 Å². The number of furan rings is 1. The van der Waals surface area contributed by atoms with E-state index in [1.54, 1.807) is 24.6 Å². The molecule has 0 aromatic carbocycles. The number of anilines is 1. The van der Waals surface area contributed by atoms with Crippen LogP contribution in [0.4, 0.5) is 10.6 Å². The van der Waals surface area contributed by atoms with Gasteiger partial charge in [-0.25, -0.2) is 9.78 Å². The molecule has 1 amide bonds. The zero-order valence-electron chi connectivity index (χ0n) is 11.3. The van der Waals surface area contributed by atoms with Crippen molar-refractivity contribution in [2.45, 2.75) is 26.7 Å². The van der Waals surface area contributed by atoms with Crippen LogP contribution in [0.3, 0.4) is 0 Å². The molecular formula is C14H18N2O3. The largest absolute Gasteiger partial charge is 0.464 e. The first-order chi connectivity index (χ1) is 9.27. The molecule has 102 valence electrons. The highest BCUT2D eigenvalue weighted by molar-refractivity contribution is 5.97. The van der Waals surface area contributed by atoms with Crippen LogP contribution in [-0.4, -0.2) is 24.2 Å². The quantitative estimate of drug-likeness (QED) is 0.773. The van der Waals surface area contributed by atoms with Crippen LogP contribution in [0.25, 0.3) is 11.0 Å². The summed E-state index contributed by atoms with van der Waals surface area (Å²) >= 11 is 0. The molecule has 2 rings (SSSR count). The molecular weight excluding hydrogens is 244 g/mol. The van der Waals surface area contributed by atoms with Crippen molar-refractivity contribution in [3.63, 3.8) is 0 Å². The van der Waals surface area contributed by atoms with Crippen LogP contribution < -0.4 is 4.90 Å². The van der Waals surface area contributed by atoms with Crippen molar-refractivity contribution in [3.05, 3.63) is 24.6 Å². The Hall–Kier alpha value is -2.04. The molecule has 0 aliphatic rings. The van der Waals surface area contributed by atoms with Crippen molar-refractivity contribution in [1.29, 1.82) is 0 Å². The number of carbonyl (C=O) groups is 1. The first-order valence-corrected chi connectivity index (χ1v) is 6.54. The molecule has 0 aliphatic carbocycles. The molecule has 0 saturated heterocycles. The van der Waals surface area contributed by atoms with Crippen molar-refractivity contribution in [2.75, 3.05) is 18.1 Å². The van der Waals surface area contributed by atoms with Crippen LogP contribution in [0, 0.1) is 0 Å². The average molecular weight is 262 g/mol. The van der Waals surface area contributed by atoms with Crippen LogP contribution in [0.2, 0.25) is 0 Å². The second kappa shape index (κ2) is 6.22. The summed E-state index contributed by atoms with van der Waals surface area (Å²) < 4.78 is 10.5. The molecule has 2 aromatic heterocycles. The second-order valence-electron chi connectivity index (χ2n) is 4.18. The third-order valence-corrected chi connectivity index (χ3v) is 2.87. The summed E-state index contributed by atoms with van der Waals surface area (Å²) in [5.74, 6) is 0.579. The third kappa shape index (κ3) is 2.86. The molecule has 5 heteroatoms. The third-order valence-electron chi connectivity index (χ3n) is 2.87. The van der Waals surface area contributed by atoms with Gasteiger partial charge in [-0.1, -0.05) is 13.3 Å². The number of fused-ring (bicyclic) bond motifs is 1. The SMILES string of the molecule is CCCCOC(=O)N(CC)c1nccc2occc12. The van der Waals surface area contributed by atoms with Gasteiger partial charge in [-0.2, -0.15) is 0 Å². The Balaban J connectivity index is 2.21. The summed E-state index contributed by atoms with van der Waals surface area (Å²) in [4.78, 5) is 17.8. The summed E-state index contributed by atoms with van der Waals surface area (Å²) in [6.45, 7) is 4.89.